The number of aromatic nitrogens is 2. The van der Waals surface area contributed by atoms with Gasteiger partial charge in [0.2, 0.25) is 6.79 Å². The number of methoxy groups -OCH3 is 1. The van der Waals surface area contributed by atoms with Crippen LogP contribution in [0.15, 0.2) is 60.7 Å². The van der Waals surface area contributed by atoms with Crippen LogP contribution >= 0.6 is 11.6 Å². The van der Waals surface area contributed by atoms with Crippen LogP contribution < -0.4 is 18.9 Å². The normalized spacial score (nSPS) is 15.6. The number of ether oxygens (including phenoxy) is 4. The van der Waals surface area contributed by atoms with Crippen molar-refractivity contribution in [1.82, 2.24) is 15.1 Å². The topological polar surface area (TPSA) is 85.9 Å². The van der Waals surface area contributed by atoms with Gasteiger partial charge in [0.15, 0.2) is 23.0 Å². The van der Waals surface area contributed by atoms with E-state index < -0.39 is 6.04 Å². The van der Waals surface area contributed by atoms with Crippen molar-refractivity contribution in [1.29, 1.82) is 0 Å². The molecule has 0 spiro atoms. The molecule has 0 fully saturated rings. The number of carbonyl (C=O) groups excluding carboxylic acids is 1. The molecule has 3 aromatic carbocycles. The van der Waals surface area contributed by atoms with Crippen molar-refractivity contribution in [2.45, 2.75) is 32.9 Å². The minimum atomic E-state index is -0.420. The molecule has 1 atom stereocenters. The highest BCUT2D eigenvalue weighted by Gasteiger charge is 2.42. The van der Waals surface area contributed by atoms with Gasteiger partial charge in [-0.25, -0.2) is 0 Å². The van der Waals surface area contributed by atoms with Gasteiger partial charge in [0.1, 0.15) is 5.69 Å². The van der Waals surface area contributed by atoms with Gasteiger partial charge >= 0.3 is 0 Å². The number of nitrogens with zero attached hydrogens (tertiary/aromatic N) is 2. The van der Waals surface area contributed by atoms with Crippen LogP contribution in [-0.4, -0.2) is 41.5 Å². The number of carbonyl (C=O) groups is 1. The Balaban J connectivity index is 1.41. The van der Waals surface area contributed by atoms with Gasteiger partial charge in [-0.1, -0.05) is 49.7 Å². The predicted octanol–water partition coefficient (Wildman–Crippen LogP) is 6.64. The molecule has 1 amide bonds. The van der Waals surface area contributed by atoms with Crippen molar-refractivity contribution in [2.75, 3.05) is 20.5 Å². The van der Waals surface area contributed by atoms with Crippen LogP contribution in [0.25, 0.3) is 11.3 Å². The van der Waals surface area contributed by atoms with Crippen molar-refractivity contribution in [2.24, 2.45) is 5.92 Å². The monoisotopic (exact) mass is 559 g/mol. The second-order valence-corrected chi connectivity index (χ2v) is 10.8. The maximum atomic E-state index is 13.9. The molecule has 1 aromatic heterocycles. The highest BCUT2D eigenvalue weighted by molar-refractivity contribution is 6.30. The molecule has 1 unspecified atom stereocenters. The number of benzene rings is 3. The van der Waals surface area contributed by atoms with E-state index in [1.54, 1.807) is 7.11 Å². The molecule has 1 N–H and O–H groups in total. The fourth-order valence-corrected chi connectivity index (χ4v) is 5.27. The average molecular weight is 560 g/mol. The summed E-state index contributed by atoms with van der Waals surface area (Å²) >= 11 is 6.16. The molecule has 2 aliphatic heterocycles. The van der Waals surface area contributed by atoms with Crippen LogP contribution in [0.5, 0.6) is 23.0 Å². The molecule has 40 heavy (non-hydrogen) atoms. The van der Waals surface area contributed by atoms with Crippen LogP contribution in [0, 0.1) is 5.92 Å². The lowest BCUT2D eigenvalue weighted by molar-refractivity contribution is 0.0729. The summed E-state index contributed by atoms with van der Waals surface area (Å²) in [6.07, 6.45) is 0.939. The standard InChI is InChI=1S/C31H30ClN3O5/c1-18(2)12-13-38-23-11-7-21(15-25(23)37-3)30-27-28(20-5-8-22(32)9-6-20)33-34-29(27)31(36)35(30)16-19-4-10-24-26(14-19)40-17-39-24/h4-11,14-15,18,30H,12-13,16-17H2,1-3H3,(H,33,34). The van der Waals surface area contributed by atoms with E-state index in [-0.39, 0.29) is 12.7 Å². The first-order chi connectivity index (χ1) is 19.4. The number of hydrogen-bond acceptors (Lipinski definition) is 6. The molecular weight excluding hydrogens is 530 g/mol. The number of nitrogens with one attached hydrogen (secondary N) is 1. The van der Waals surface area contributed by atoms with Crippen molar-refractivity contribution >= 4 is 17.5 Å². The zero-order chi connectivity index (χ0) is 27.8. The van der Waals surface area contributed by atoms with E-state index in [1.165, 1.54) is 0 Å². The maximum Gasteiger partial charge on any atom is 0.273 e. The third kappa shape index (κ3) is 4.84. The summed E-state index contributed by atoms with van der Waals surface area (Å²) in [4.78, 5) is 15.7. The lowest BCUT2D eigenvalue weighted by Crippen LogP contribution is -2.29. The smallest absolute Gasteiger partial charge is 0.273 e. The molecule has 0 saturated carbocycles. The van der Waals surface area contributed by atoms with E-state index in [2.05, 4.69) is 24.0 Å². The quantitative estimate of drug-likeness (QED) is 0.247. The summed E-state index contributed by atoms with van der Waals surface area (Å²) in [5, 5.41) is 8.20. The Hall–Kier alpha value is -4.17. The minimum absolute atomic E-state index is 0.137. The molecule has 8 nitrogen and oxygen atoms in total. The first-order valence-electron chi connectivity index (χ1n) is 13.3. The van der Waals surface area contributed by atoms with Crippen molar-refractivity contribution in [3.05, 3.63) is 88.1 Å². The lowest BCUT2D eigenvalue weighted by atomic mass is 9.95. The largest absolute Gasteiger partial charge is 0.493 e. The summed E-state index contributed by atoms with van der Waals surface area (Å²) in [5.41, 5.74) is 4.65. The Kier molecular flexibility index (Phi) is 7.02. The van der Waals surface area contributed by atoms with E-state index in [0.29, 0.717) is 58.5 Å². The molecule has 0 saturated heterocycles. The van der Waals surface area contributed by atoms with E-state index in [0.717, 1.165) is 28.7 Å². The second-order valence-electron chi connectivity index (χ2n) is 10.3. The molecule has 6 rings (SSSR count). The van der Waals surface area contributed by atoms with Gasteiger partial charge in [0.25, 0.3) is 5.91 Å². The van der Waals surface area contributed by atoms with Crippen molar-refractivity contribution < 1.29 is 23.7 Å². The highest BCUT2D eigenvalue weighted by Crippen LogP contribution is 2.46. The van der Waals surface area contributed by atoms with Gasteiger partial charge in [-0.15, -0.1) is 0 Å². The molecule has 0 bridgehead atoms. The van der Waals surface area contributed by atoms with E-state index in [1.807, 2.05) is 65.6 Å². The van der Waals surface area contributed by atoms with E-state index in [4.69, 9.17) is 30.5 Å². The highest BCUT2D eigenvalue weighted by atomic mass is 35.5. The average Bonchev–Trinajstić information content (AvgIpc) is 3.66. The summed E-state index contributed by atoms with van der Waals surface area (Å²) < 4.78 is 22.8. The summed E-state index contributed by atoms with van der Waals surface area (Å²) in [5.74, 6) is 3.05. The number of H-pyrrole nitrogens is 1. The Morgan fingerprint density at radius 1 is 1.05 bits per heavy atom. The molecule has 9 heteroatoms. The van der Waals surface area contributed by atoms with Crippen LogP contribution in [-0.2, 0) is 6.54 Å². The van der Waals surface area contributed by atoms with Crippen molar-refractivity contribution in [3.8, 4) is 34.3 Å². The molecule has 206 valence electrons. The van der Waals surface area contributed by atoms with Crippen molar-refractivity contribution in [3.63, 3.8) is 0 Å². The molecule has 0 radical (unpaired) electrons. The van der Waals surface area contributed by atoms with Crippen LogP contribution in [0.3, 0.4) is 0 Å². The first kappa shape index (κ1) is 26.1. The summed E-state index contributed by atoms with van der Waals surface area (Å²) in [6, 6.07) is 18.6. The third-order valence-electron chi connectivity index (χ3n) is 7.23. The van der Waals surface area contributed by atoms with Gasteiger partial charge in [-0.3, -0.25) is 9.89 Å². The molecule has 2 aliphatic rings. The number of amides is 1. The Morgan fingerprint density at radius 3 is 2.62 bits per heavy atom. The van der Waals surface area contributed by atoms with Gasteiger partial charge < -0.3 is 23.8 Å². The number of halogens is 1. The van der Waals surface area contributed by atoms with E-state index in [9.17, 15) is 4.79 Å². The Bertz CT molecular complexity index is 1550. The van der Waals surface area contributed by atoms with Gasteiger partial charge in [0, 0.05) is 22.7 Å². The molecule has 4 aromatic rings. The lowest BCUT2D eigenvalue weighted by Gasteiger charge is -2.27. The Morgan fingerprint density at radius 2 is 1.85 bits per heavy atom. The fourth-order valence-electron chi connectivity index (χ4n) is 5.15. The van der Waals surface area contributed by atoms with Gasteiger partial charge in [-0.2, -0.15) is 5.10 Å². The number of hydrogen-bond donors (Lipinski definition) is 1. The zero-order valence-electron chi connectivity index (χ0n) is 22.6. The second kappa shape index (κ2) is 10.8. The van der Waals surface area contributed by atoms with Crippen LogP contribution in [0.1, 0.15) is 53.5 Å². The van der Waals surface area contributed by atoms with Crippen LogP contribution in [0.2, 0.25) is 5.02 Å². The summed E-state index contributed by atoms with van der Waals surface area (Å²) in [6.45, 7) is 5.47. The molecular formula is C31H30ClN3O5. The fraction of sp³-hybridized carbons (Fsp3) is 0.290. The summed E-state index contributed by atoms with van der Waals surface area (Å²) in [7, 11) is 1.63. The van der Waals surface area contributed by atoms with Crippen LogP contribution in [0.4, 0.5) is 0 Å². The molecule has 3 heterocycles. The predicted molar refractivity (Wildman–Crippen MR) is 151 cm³/mol. The van der Waals surface area contributed by atoms with Gasteiger partial charge in [-0.05, 0) is 59.9 Å². The third-order valence-corrected chi connectivity index (χ3v) is 7.48. The van der Waals surface area contributed by atoms with E-state index >= 15 is 0 Å². The number of aromatic amines is 1. The number of rotatable bonds is 9. The zero-order valence-corrected chi connectivity index (χ0v) is 23.3. The van der Waals surface area contributed by atoms with Gasteiger partial charge in [0.05, 0.1) is 25.5 Å². The maximum absolute atomic E-state index is 13.9. The SMILES string of the molecule is COc1cc(C2c3c(-c4ccc(Cl)cc4)n[nH]c3C(=O)N2Cc2ccc3c(c2)OCO3)ccc1OCCC(C)C. The molecule has 0 aliphatic carbocycles. The minimum Gasteiger partial charge on any atom is -0.493 e. The number of fused-ring (bicyclic) bond motifs is 2. The Labute approximate surface area is 237 Å². The first-order valence-corrected chi connectivity index (χ1v) is 13.6.